The van der Waals surface area contributed by atoms with E-state index in [1.807, 2.05) is 37.4 Å². The summed E-state index contributed by atoms with van der Waals surface area (Å²) < 4.78 is 1.63. The summed E-state index contributed by atoms with van der Waals surface area (Å²) in [5.74, 6) is 0.134. The number of pyridine rings is 2. The number of rotatable bonds is 1. The molecule has 114 valence electrons. The molecule has 0 bridgehead atoms. The van der Waals surface area contributed by atoms with Crippen LogP contribution in [0.3, 0.4) is 0 Å². The first kappa shape index (κ1) is 13.6. The van der Waals surface area contributed by atoms with Gasteiger partial charge in [0.2, 0.25) is 5.88 Å². The Morgan fingerprint density at radius 1 is 1.17 bits per heavy atom. The highest BCUT2D eigenvalue weighted by molar-refractivity contribution is 6.12. The third kappa shape index (κ3) is 1.86. The lowest BCUT2D eigenvalue weighted by molar-refractivity contribution is 0.438. The average molecular weight is 304 g/mol. The maximum absolute atomic E-state index is 10.2. The van der Waals surface area contributed by atoms with Gasteiger partial charge < -0.3 is 15.4 Å². The van der Waals surface area contributed by atoms with E-state index in [-0.39, 0.29) is 5.88 Å². The van der Waals surface area contributed by atoms with Crippen LogP contribution in [0.25, 0.3) is 32.9 Å². The molecule has 0 aliphatic heterocycles. The second-order valence-electron chi connectivity index (χ2n) is 5.74. The van der Waals surface area contributed by atoms with Gasteiger partial charge in [-0.1, -0.05) is 18.2 Å². The summed E-state index contributed by atoms with van der Waals surface area (Å²) in [4.78, 5) is 8.98. The molecule has 4 aromatic rings. The minimum Gasteiger partial charge on any atom is -0.494 e. The first-order chi connectivity index (χ1) is 11.1. The molecular weight excluding hydrogens is 288 g/mol. The zero-order valence-corrected chi connectivity index (χ0v) is 12.9. The molecule has 0 radical (unpaired) electrons. The Bertz CT molecular complexity index is 1070. The molecule has 23 heavy (non-hydrogen) atoms. The summed E-state index contributed by atoms with van der Waals surface area (Å²) in [6.07, 6.45) is 5.40. The predicted octanol–water partition coefficient (Wildman–Crippen LogP) is 3.38. The molecule has 5 heteroatoms. The minimum absolute atomic E-state index is 0.134. The minimum atomic E-state index is 0.134. The number of fused-ring (bicyclic) bond motifs is 2. The molecule has 0 aliphatic carbocycles. The van der Waals surface area contributed by atoms with Crippen molar-refractivity contribution in [3.05, 3.63) is 48.4 Å². The number of anilines is 1. The molecular formula is C18H16N4O. The highest BCUT2D eigenvalue weighted by atomic mass is 16.3. The number of aromatic hydroxyl groups is 1. The highest BCUT2D eigenvalue weighted by Crippen LogP contribution is 2.38. The largest absolute Gasteiger partial charge is 0.494 e. The number of hydrogen-bond donors (Lipinski definition) is 2. The number of aromatic nitrogens is 3. The van der Waals surface area contributed by atoms with Crippen LogP contribution in [-0.4, -0.2) is 19.6 Å². The lowest BCUT2D eigenvalue weighted by atomic mass is 9.98. The molecule has 0 saturated heterocycles. The number of benzene rings is 1. The molecule has 5 nitrogen and oxygen atoms in total. The maximum atomic E-state index is 10.2. The fraction of sp³-hybridized carbons (Fsp3) is 0.111. The van der Waals surface area contributed by atoms with Crippen molar-refractivity contribution in [2.75, 3.05) is 5.73 Å². The first-order valence-corrected chi connectivity index (χ1v) is 7.35. The monoisotopic (exact) mass is 304 g/mol. The van der Waals surface area contributed by atoms with Crippen LogP contribution in [0.5, 0.6) is 5.88 Å². The summed E-state index contributed by atoms with van der Waals surface area (Å²) in [5, 5.41) is 11.6. The second-order valence-corrected chi connectivity index (χ2v) is 5.74. The van der Waals surface area contributed by atoms with E-state index in [1.165, 1.54) is 0 Å². The van der Waals surface area contributed by atoms with E-state index >= 15 is 0 Å². The maximum Gasteiger partial charge on any atom is 0.202 e. The van der Waals surface area contributed by atoms with Crippen molar-refractivity contribution in [2.45, 2.75) is 6.92 Å². The van der Waals surface area contributed by atoms with Crippen LogP contribution in [0.15, 0.2) is 42.9 Å². The van der Waals surface area contributed by atoms with Crippen molar-refractivity contribution in [2.24, 2.45) is 7.05 Å². The molecule has 3 heterocycles. The molecule has 0 amide bonds. The van der Waals surface area contributed by atoms with Gasteiger partial charge in [0.25, 0.3) is 0 Å². The van der Waals surface area contributed by atoms with Crippen LogP contribution in [0.1, 0.15) is 5.56 Å². The normalized spacial score (nSPS) is 11.4. The van der Waals surface area contributed by atoms with Crippen molar-refractivity contribution in [3.8, 4) is 17.0 Å². The lowest BCUT2D eigenvalue weighted by Crippen LogP contribution is -1.94. The Morgan fingerprint density at radius 2 is 2.00 bits per heavy atom. The third-order valence-electron chi connectivity index (χ3n) is 4.29. The Kier molecular flexibility index (Phi) is 2.78. The number of nitrogens with two attached hydrogens (primary N) is 1. The Balaban J connectivity index is 2.16. The average Bonchev–Trinajstić information content (AvgIpc) is 2.83. The topological polar surface area (TPSA) is 77.0 Å². The highest BCUT2D eigenvalue weighted by Gasteiger charge is 2.16. The summed E-state index contributed by atoms with van der Waals surface area (Å²) in [5.41, 5.74) is 11.5. The van der Waals surface area contributed by atoms with Gasteiger partial charge in [-0.3, -0.25) is 4.98 Å². The van der Waals surface area contributed by atoms with Gasteiger partial charge in [-0.15, -0.1) is 0 Å². The van der Waals surface area contributed by atoms with E-state index in [0.717, 1.165) is 27.6 Å². The molecule has 4 rings (SSSR count). The summed E-state index contributed by atoms with van der Waals surface area (Å²) in [7, 11) is 1.77. The number of para-hydroxylation sites is 1. The van der Waals surface area contributed by atoms with Crippen molar-refractivity contribution < 1.29 is 5.11 Å². The molecule has 0 aliphatic rings. The molecule has 0 unspecified atom stereocenters. The van der Waals surface area contributed by atoms with Crippen molar-refractivity contribution >= 4 is 27.5 Å². The van der Waals surface area contributed by atoms with E-state index in [1.54, 1.807) is 24.0 Å². The molecule has 1 aromatic carbocycles. The standard InChI is InChI=1S/C18H16N4O/c1-10-6-7-20-8-13(10)11-4-3-5-12-16(19)15-14(21-17(11)12)9-22(2)18(15)23/h3-9,23H,19H2,1-2H3. The van der Waals surface area contributed by atoms with Crippen LogP contribution in [0, 0.1) is 6.92 Å². The molecule has 3 N–H and O–H groups in total. The number of aryl methyl sites for hydroxylation is 2. The van der Waals surface area contributed by atoms with Crippen LogP contribution >= 0.6 is 0 Å². The molecule has 0 spiro atoms. The third-order valence-corrected chi connectivity index (χ3v) is 4.29. The van der Waals surface area contributed by atoms with Gasteiger partial charge in [-0.2, -0.15) is 0 Å². The number of nitrogens with zero attached hydrogens (tertiary/aromatic N) is 3. The van der Waals surface area contributed by atoms with Crippen LogP contribution < -0.4 is 5.73 Å². The van der Waals surface area contributed by atoms with Crippen molar-refractivity contribution in [1.29, 1.82) is 0 Å². The second kappa shape index (κ2) is 4.71. The van der Waals surface area contributed by atoms with E-state index in [0.29, 0.717) is 16.6 Å². The smallest absolute Gasteiger partial charge is 0.202 e. The van der Waals surface area contributed by atoms with Gasteiger partial charge in [-0.25, -0.2) is 4.98 Å². The molecule has 0 fully saturated rings. The zero-order chi connectivity index (χ0) is 16.1. The van der Waals surface area contributed by atoms with Crippen molar-refractivity contribution in [3.63, 3.8) is 0 Å². The van der Waals surface area contributed by atoms with Gasteiger partial charge in [0, 0.05) is 42.2 Å². The van der Waals surface area contributed by atoms with Crippen molar-refractivity contribution in [1.82, 2.24) is 14.5 Å². The lowest BCUT2D eigenvalue weighted by Gasteiger charge is -2.10. The van der Waals surface area contributed by atoms with E-state index in [9.17, 15) is 5.11 Å². The van der Waals surface area contributed by atoms with E-state index in [2.05, 4.69) is 4.98 Å². The van der Waals surface area contributed by atoms with E-state index in [4.69, 9.17) is 10.7 Å². The summed E-state index contributed by atoms with van der Waals surface area (Å²) >= 11 is 0. The Hall–Kier alpha value is -3.08. The first-order valence-electron chi connectivity index (χ1n) is 7.35. The van der Waals surface area contributed by atoms with Gasteiger partial charge in [-0.05, 0) is 18.6 Å². The quantitative estimate of drug-likeness (QED) is 0.565. The Labute approximate surface area is 133 Å². The fourth-order valence-corrected chi connectivity index (χ4v) is 3.04. The van der Waals surface area contributed by atoms with Gasteiger partial charge >= 0.3 is 0 Å². The van der Waals surface area contributed by atoms with Crippen LogP contribution in [-0.2, 0) is 7.05 Å². The van der Waals surface area contributed by atoms with Gasteiger partial charge in [0.1, 0.15) is 0 Å². The zero-order valence-electron chi connectivity index (χ0n) is 12.9. The Morgan fingerprint density at radius 3 is 2.78 bits per heavy atom. The SMILES string of the molecule is Cc1ccncc1-c1cccc2c(N)c3c(O)n(C)cc3nc12. The predicted molar refractivity (Wildman–Crippen MR) is 92.3 cm³/mol. The van der Waals surface area contributed by atoms with Crippen LogP contribution in [0.4, 0.5) is 5.69 Å². The van der Waals surface area contributed by atoms with E-state index < -0.39 is 0 Å². The van der Waals surface area contributed by atoms with Gasteiger partial charge in [0.15, 0.2) is 0 Å². The summed E-state index contributed by atoms with van der Waals surface area (Å²) in [6.45, 7) is 2.05. The van der Waals surface area contributed by atoms with Crippen LogP contribution in [0.2, 0.25) is 0 Å². The molecule has 0 saturated carbocycles. The summed E-state index contributed by atoms with van der Waals surface area (Å²) in [6, 6.07) is 7.88. The number of nitrogen functional groups attached to an aromatic ring is 1. The molecule has 3 aromatic heterocycles. The fourth-order valence-electron chi connectivity index (χ4n) is 3.04. The number of hydrogen-bond acceptors (Lipinski definition) is 4. The van der Waals surface area contributed by atoms with Gasteiger partial charge in [0.05, 0.1) is 22.1 Å². The molecule has 0 atom stereocenters.